The van der Waals surface area contributed by atoms with Crippen LogP contribution in [-0.2, 0) is 20.0 Å². The van der Waals surface area contributed by atoms with Crippen molar-refractivity contribution in [3.05, 3.63) is 53.1 Å². The van der Waals surface area contributed by atoms with Crippen molar-refractivity contribution in [1.29, 1.82) is 0 Å². The van der Waals surface area contributed by atoms with Crippen LogP contribution in [0.5, 0.6) is 0 Å². The van der Waals surface area contributed by atoms with Crippen LogP contribution in [0.4, 0.5) is 5.69 Å². The Morgan fingerprint density at radius 2 is 1.50 bits per heavy atom. The Labute approximate surface area is 167 Å². The molecule has 0 amide bonds. The van der Waals surface area contributed by atoms with Crippen LogP contribution >= 0.6 is 0 Å². The first-order chi connectivity index (χ1) is 13.1. The molecule has 1 saturated carbocycles. The lowest BCUT2D eigenvalue weighted by Crippen LogP contribution is -2.17. The van der Waals surface area contributed by atoms with Crippen LogP contribution < -0.4 is 9.86 Å². The van der Waals surface area contributed by atoms with Gasteiger partial charge in [-0.2, -0.15) is 0 Å². The fourth-order valence-electron chi connectivity index (χ4n) is 3.66. The van der Waals surface area contributed by atoms with Gasteiger partial charge in [0.05, 0.1) is 15.5 Å². The smallest absolute Gasteiger partial charge is 0.261 e. The van der Waals surface area contributed by atoms with E-state index < -0.39 is 20.0 Å². The van der Waals surface area contributed by atoms with Crippen LogP contribution in [0, 0.1) is 13.8 Å². The molecule has 3 rings (SSSR count). The highest BCUT2D eigenvalue weighted by Crippen LogP contribution is 2.33. The minimum Gasteiger partial charge on any atom is -0.279 e. The number of sulfonamides is 2. The van der Waals surface area contributed by atoms with Crippen molar-refractivity contribution < 1.29 is 16.8 Å². The Bertz CT molecular complexity index is 1070. The molecule has 2 aromatic rings. The van der Waals surface area contributed by atoms with Gasteiger partial charge in [0.1, 0.15) is 0 Å². The van der Waals surface area contributed by atoms with E-state index in [4.69, 9.17) is 5.14 Å². The number of anilines is 1. The molecule has 1 aliphatic rings. The summed E-state index contributed by atoms with van der Waals surface area (Å²) in [5.41, 5.74) is 2.66. The van der Waals surface area contributed by atoms with Crippen molar-refractivity contribution in [2.45, 2.75) is 61.7 Å². The first kappa shape index (κ1) is 20.8. The van der Waals surface area contributed by atoms with Crippen LogP contribution in [0.15, 0.2) is 46.2 Å². The van der Waals surface area contributed by atoms with Gasteiger partial charge in [0.2, 0.25) is 10.0 Å². The highest BCUT2D eigenvalue weighted by atomic mass is 32.2. The topological polar surface area (TPSA) is 106 Å². The zero-order valence-corrected chi connectivity index (χ0v) is 17.7. The van der Waals surface area contributed by atoms with E-state index in [1.165, 1.54) is 37.0 Å². The highest BCUT2D eigenvalue weighted by Gasteiger charge is 2.20. The number of benzene rings is 2. The highest BCUT2D eigenvalue weighted by molar-refractivity contribution is 7.92. The molecule has 0 bridgehead atoms. The number of rotatable bonds is 5. The maximum absolute atomic E-state index is 12.8. The van der Waals surface area contributed by atoms with Gasteiger partial charge < -0.3 is 0 Å². The molecule has 0 aromatic heterocycles. The van der Waals surface area contributed by atoms with Crippen molar-refractivity contribution in [1.82, 2.24) is 0 Å². The molecule has 3 N–H and O–H groups in total. The zero-order valence-electron chi connectivity index (χ0n) is 16.1. The second kappa shape index (κ2) is 7.85. The molecule has 152 valence electrons. The van der Waals surface area contributed by atoms with Crippen molar-refractivity contribution in [3.63, 3.8) is 0 Å². The Morgan fingerprint density at radius 1 is 0.893 bits per heavy atom. The van der Waals surface area contributed by atoms with Gasteiger partial charge in [-0.15, -0.1) is 0 Å². The van der Waals surface area contributed by atoms with Crippen LogP contribution in [0.25, 0.3) is 0 Å². The van der Waals surface area contributed by atoms with Gasteiger partial charge in [-0.3, -0.25) is 4.72 Å². The van der Waals surface area contributed by atoms with E-state index in [2.05, 4.69) is 4.72 Å². The Morgan fingerprint density at radius 3 is 2.07 bits per heavy atom. The molecule has 8 heteroatoms. The van der Waals surface area contributed by atoms with Crippen LogP contribution in [-0.4, -0.2) is 16.8 Å². The number of hydrogen-bond donors (Lipinski definition) is 2. The quantitative estimate of drug-likeness (QED) is 0.764. The van der Waals surface area contributed by atoms with Gasteiger partial charge in [-0.25, -0.2) is 22.0 Å². The predicted octanol–water partition coefficient (Wildman–Crippen LogP) is 3.80. The molecule has 2 aromatic carbocycles. The van der Waals surface area contributed by atoms with Gasteiger partial charge in [-0.1, -0.05) is 31.4 Å². The maximum Gasteiger partial charge on any atom is 0.261 e. The van der Waals surface area contributed by atoms with Crippen LogP contribution in [0.2, 0.25) is 0 Å². The minimum absolute atomic E-state index is 0.124. The molecule has 0 aliphatic heterocycles. The van der Waals surface area contributed by atoms with Gasteiger partial charge in [0.25, 0.3) is 10.0 Å². The minimum atomic E-state index is -3.94. The number of hydrogen-bond acceptors (Lipinski definition) is 4. The standard InChI is InChI=1S/C20H26N2O4S2/c1-14-12-19(27(21,23)24)13-20(15(14)2)22-28(25,26)18-10-8-17(9-11-18)16-6-4-3-5-7-16/h8-13,16,22H,3-7H2,1-2H3,(H2,21,23,24). The SMILES string of the molecule is Cc1cc(S(N)(=O)=O)cc(NS(=O)(=O)c2ccc(C3CCCCC3)cc2)c1C. The molecule has 0 unspecified atom stereocenters. The summed E-state index contributed by atoms with van der Waals surface area (Å²) < 4.78 is 51.5. The number of nitrogens with two attached hydrogens (primary N) is 1. The van der Waals surface area contributed by atoms with E-state index in [-0.39, 0.29) is 15.5 Å². The molecule has 0 saturated heterocycles. The first-order valence-electron chi connectivity index (χ1n) is 9.35. The third-order valence-electron chi connectivity index (χ3n) is 5.48. The molecular formula is C20H26N2O4S2. The number of aryl methyl sites for hydroxylation is 1. The molecule has 28 heavy (non-hydrogen) atoms. The lowest BCUT2D eigenvalue weighted by atomic mass is 9.84. The van der Waals surface area contributed by atoms with Crippen LogP contribution in [0.3, 0.4) is 0 Å². The summed E-state index contributed by atoms with van der Waals surface area (Å²) in [7, 11) is -7.79. The summed E-state index contributed by atoms with van der Waals surface area (Å²) in [5, 5.41) is 5.20. The zero-order chi connectivity index (χ0) is 20.5. The molecule has 0 spiro atoms. The fourth-order valence-corrected chi connectivity index (χ4v) is 5.39. The number of primary sulfonamides is 1. The average Bonchev–Trinajstić information content (AvgIpc) is 2.65. The largest absolute Gasteiger partial charge is 0.279 e. The predicted molar refractivity (Wildman–Crippen MR) is 110 cm³/mol. The van der Waals surface area contributed by atoms with Crippen LogP contribution in [0.1, 0.15) is 54.7 Å². The third-order valence-corrected chi connectivity index (χ3v) is 7.75. The molecule has 0 atom stereocenters. The van der Waals surface area contributed by atoms with E-state index in [0.717, 1.165) is 12.8 Å². The number of nitrogens with one attached hydrogen (secondary N) is 1. The van der Waals surface area contributed by atoms with E-state index in [0.29, 0.717) is 17.0 Å². The van der Waals surface area contributed by atoms with E-state index in [9.17, 15) is 16.8 Å². The summed E-state index contributed by atoms with van der Waals surface area (Å²) >= 11 is 0. The van der Waals surface area contributed by atoms with Crippen molar-refractivity contribution in [3.8, 4) is 0 Å². The van der Waals surface area contributed by atoms with Crippen molar-refractivity contribution in [2.75, 3.05) is 4.72 Å². The summed E-state index contributed by atoms with van der Waals surface area (Å²) in [6.07, 6.45) is 5.98. The lowest BCUT2D eigenvalue weighted by Gasteiger charge is -2.22. The van der Waals surface area contributed by atoms with E-state index >= 15 is 0 Å². The van der Waals surface area contributed by atoms with E-state index in [1.807, 2.05) is 12.1 Å². The summed E-state index contributed by atoms with van der Waals surface area (Å²) in [6, 6.07) is 9.66. The summed E-state index contributed by atoms with van der Waals surface area (Å²) in [4.78, 5) is 0.0195. The molecule has 0 radical (unpaired) electrons. The molecule has 6 nitrogen and oxygen atoms in total. The maximum atomic E-state index is 12.8. The summed E-state index contributed by atoms with van der Waals surface area (Å²) in [6.45, 7) is 3.44. The van der Waals surface area contributed by atoms with Gasteiger partial charge in [0.15, 0.2) is 0 Å². The second-order valence-corrected chi connectivity index (χ2v) is 10.7. The Kier molecular flexibility index (Phi) is 5.84. The lowest BCUT2D eigenvalue weighted by molar-refractivity contribution is 0.443. The first-order valence-corrected chi connectivity index (χ1v) is 12.4. The third kappa shape index (κ3) is 4.56. The monoisotopic (exact) mass is 422 g/mol. The molecule has 1 fully saturated rings. The Balaban J connectivity index is 1.89. The molecule has 0 heterocycles. The summed E-state index contributed by atoms with van der Waals surface area (Å²) in [5.74, 6) is 0.495. The van der Waals surface area contributed by atoms with Crippen molar-refractivity contribution >= 4 is 25.7 Å². The molecular weight excluding hydrogens is 396 g/mol. The Hall–Kier alpha value is -1.90. The van der Waals surface area contributed by atoms with Crippen molar-refractivity contribution in [2.24, 2.45) is 5.14 Å². The fraction of sp³-hybridized carbons (Fsp3) is 0.400. The molecule has 1 aliphatic carbocycles. The average molecular weight is 423 g/mol. The van der Waals surface area contributed by atoms with Gasteiger partial charge >= 0.3 is 0 Å². The normalized spacial score (nSPS) is 16.1. The van der Waals surface area contributed by atoms with E-state index in [1.54, 1.807) is 26.0 Å². The van der Waals surface area contributed by atoms with Gasteiger partial charge in [-0.05, 0) is 73.6 Å². The van der Waals surface area contributed by atoms with Gasteiger partial charge in [0, 0.05) is 0 Å². The second-order valence-electron chi connectivity index (χ2n) is 7.47.